The first kappa shape index (κ1) is 25.7. The maximum absolute atomic E-state index is 5.90. The number of hydrogen-bond acceptors (Lipinski definition) is 2. The smallest absolute Gasteiger partial charge is 0.183 e. The molecule has 0 unspecified atom stereocenters. The second kappa shape index (κ2) is 9.73. The van der Waals surface area contributed by atoms with Gasteiger partial charge in [0.25, 0.3) is 0 Å². The SMILES string of the molecule is CO[Si](C)(C)C.C[Si](C)(C)C.C[Si](C)(C)O[Si](C)(C)C. The first-order chi connectivity index (χ1) is 8.27. The molecule has 0 rings (SSSR count). The van der Waals surface area contributed by atoms with Crippen LogP contribution in [0.5, 0.6) is 0 Å². The van der Waals surface area contributed by atoms with Crippen molar-refractivity contribution in [3.8, 4) is 0 Å². The maximum Gasteiger partial charge on any atom is 0.183 e. The molecule has 0 aromatic carbocycles. The van der Waals surface area contributed by atoms with E-state index in [1.807, 2.05) is 0 Å². The van der Waals surface area contributed by atoms with Crippen LogP contribution in [0.2, 0.25) is 85.1 Å². The van der Waals surface area contributed by atoms with Gasteiger partial charge in [-0.3, -0.25) is 0 Å². The molecule has 0 saturated carbocycles. The minimum absolute atomic E-state index is 0.611. The average molecular weight is 355 g/mol. The Morgan fingerprint density at radius 3 is 0.600 bits per heavy atom. The molecule has 0 aliphatic heterocycles. The minimum Gasteiger partial charge on any atom is -0.456 e. The molecule has 0 bridgehead atoms. The van der Waals surface area contributed by atoms with Gasteiger partial charge < -0.3 is 8.54 Å². The zero-order valence-corrected chi connectivity index (χ0v) is 20.8. The van der Waals surface area contributed by atoms with Gasteiger partial charge in [-0.1, -0.05) is 26.2 Å². The van der Waals surface area contributed by atoms with Gasteiger partial charge in [0.2, 0.25) is 0 Å². The summed E-state index contributed by atoms with van der Waals surface area (Å²) in [4.78, 5) is 0. The third-order valence-electron chi connectivity index (χ3n) is 1.22. The predicted molar refractivity (Wildman–Crippen MR) is 107 cm³/mol. The highest BCUT2D eigenvalue weighted by Gasteiger charge is 2.24. The average Bonchev–Trinajstić information content (AvgIpc) is 1.92. The Balaban J connectivity index is -0.000000230. The monoisotopic (exact) mass is 354 g/mol. The number of rotatable bonds is 3. The van der Waals surface area contributed by atoms with Gasteiger partial charge in [-0.25, -0.2) is 0 Å². The fourth-order valence-electron chi connectivity index (χ4n) is 0.919. The van der Waals surface area contributed by atoms with Crippen LogP contribution in [-0.2, 0) is 8.54 Å². The summed E-state index contributed by atoms with van der Waals surface area (Å²) in [6.07, 6.45) is 0. The van der Waals surface area contributed by atoms with Gasteiger partial charge in [0.15, 0.2) is 25.0 Å². The fourth-order valence-corrected chi connectivity index (χ4v) is 8.27. The molecule has 0 aliphatic rings. The molecular weight excluding hydrogens is 312 g/mol. The lowest BCUT2D eigenvalue weighted by Crippen LogP contribution is -2.39. The summed E-state index contributed by atoms with van der Waals surface area (Å²) in [7, 11) is -2.43. The first-order valence-electron chi connectivity index (χ1n) is 7.52. The molecule has 0 atom stereocenters. The third kappa shape index (κ3) is 62.1. The summed E-state index contributed by atoms with van der Waals surface area (Å²) >= 11 is 0. The Labute approximate surface area is 134 Å². The van der Waals surface area contributed by atoms with Gasteiger partial charge in [-0.15, -0.1) is 0 Å². The summed E-state index contributed by atoms with van der Waals surface area (Å²) in [6, 6.07) is 0. The van der Waals surface area contributed by atoms with Crippen molar-refractivity contribution in [2.45, 2.75) is 85.1 Å². The van der Waals surface area contributed by atoms with Gasteiger partial charge in [0, 0.05) is 15.2 Å². The molecule has 0 aliphatic carbocycles. The van der Waals surface area contributed by atoms with Gasteiger partial charge >= 0.3 is 0 Å². The van der Waals surface area contributed by atoms with Gasteiger partial charge in [-0.05, 0) is 58.9 Å². The Morgan fingerprint density at radius 2 is 0.600 bits per heavy atom. The van der Waals surface area contributed by atoms with E-state index in [4.69, 9.17) is 8.54 Å². The number of hydrogen-bond donors (Lipinski definition) is 0. The highest BCUT2D eigenvalue weighted by molar-refractivity contribution is 6.83. The zero-order valence-electron chi connectivity index (χ0n) is 16.8. The van der Waals surface area contributed by atoms with Gasteiger partial charge in [0.05, 0.1) is 0 Å². The van der Waals surface area contributed by atoms with Crippen LogP contribution in [0, 0.1) is 0 Å². The van der Waals surface area contributed by atoms with E-state index in [2.05, 4.69) is 85.1 Å². The van der Waals surface area contributed by atoms with Crippen molar-refractivity contribution in [1.82, 2.24) is 0 Å². The molecule has 0 heterocycles. The van der Waals surface area contributed by atoms with Crippen LogP contribution in [0.4, 0.5) is 0 Å². The van der Waals surface area contributed by atoms with Crippen molar-refractivity contribution >= 4 is 33.0 Å². The molecule has 0 aromatic heterocycles. The Hall–Kier alpha value is 0.788. The summed E-state index contributed by atoms with van der Waals surface area (Å²) < 4.78 is 11.0. The lowest BCUT2D eigenvalue weighted by molar-refractivity contribution is 0.411. The second-order valence-electron chi connectivity index (χ2n) is 9.64. The van der Waals surface area contributed by atoms with Crippen LogP contribution in [0.3, 0.4) is 0 Å². The van der Waals surface area contributed by atoms with Crippen LogP contribution in [-0.4, -0.2) is 40.1 Å². The maximum atomic E-state index is 5.90. The molecular formula is C14H42O2Si4. The van der Waals surface area contributed by atoms with E-state index < -0.39 is 33.0 Å². The van der Waals surface area contributed by atoms with Crippen molar-refractivity contribution in [3.63, 3.8) is 0 Å². The molecule has 6 heteroatoms. The summed E-state index contributed by atoms with van der Waals surface area (Å²) in [5.41, 5.74) is 0. The van der Waals surface area contributed by atoms with Crippen molar-refractivity contribution in [2.75, 3.05) is 7.11 Å². The second-order valence-corrected chi connectivity index (χ2v) is 29.5. The van der Waals surface area contributed by atoms with E-state index in [0.29, 0.717) is 0 Å². The van der Waals surface area contributed by atoms with Crippen molar-refractivity contribution < 1.29 is 8.54 Å². The van der Waals surface area contributed by atoms with Crippen LogP contribution >= 0.6 is 0 Å². The molecule has 0 saturated heterocycles. The highest BCUT2D eigenvalue weighted by atomic mass is 28.4. The van der Waals surface area contributed by atoms with Crippen LogP contribution < -0.4 is 0 Å². The first-order valence-corrected chi connectivity index (χ1v) is 21.7. The highest BCUT2D eigenvalue weighted by Crippen LogP contribution is 2.12. The van der Waals surface area contributed by atoms with Gasteiger partial charge in [-0.2, -0.15) is 0 Å². The van der Waals surface area contributed by atoms with E-state index in [0.717, 1.165) is 0 Å². The zero-order chi connectivity index (χ0) is 17.4. The van der Waals surface area contributed by atoms with Crippen LogP contribution in [0.25, 0.3) is 0 Å². The van der Waals surface area contributed by atoms with Gasteiger partial charge in [0.1, 0.15) is 0 Å². The largest absolute Gasteiger partial charge is 0.456 e. The molecule has 0 spiro atoms. The quantitative estimate of drug-likeness (QED) is 0.570. The molecule has 0 radical (unpaired) electrons. The third-order valence-corrected chi connectivity index (χ3v) is 7.35. The molecule has 126 valence electrons. The fraction of sp³-hybridized carbons (Fsp3) is 1.00. The summed E-state index contributed by atoms with van der Waals surface area (Å²) in [6.45, 7) is 29.2. The molecule has 0 fully saturated rings. The van der Waals surface area contributed by atoms with E-state index in [1.54, 1.807) is 7.11 Å². The van der Waals surface area contributed by atoms with E-state index in [1.165, 1.54) is 0 Å². The Bertz CT molecular complexity index is 212. The molecule has 0 amide bonds. The normalized spacial score (nSPS) is 12.9. The van der Waals surface area contributed by atoms with E-state index in [-0.39, 0.29) is 0 Å². The molecule has 0 aromatic rings. The molecule has 20 heavy (non-hydrogen) atoms. The molecule has 2 nitrogen and oxygen atoms in total. The standard InChI is InChI=1S/C6H18OSi2.C4H12OSi.C4H12Si/c1-8(2,3)7-9(4,5)6;1-5-6(2,3)4;1-5(2,3)4/h1-6H3;1-4H3;1-4H3. The minimum atomic E-state index is -1.23. The summed E-state index contributed by atoms with van der Waals surface area (Å²) in [5, 5.41) is 0. The van der Waals surface area contributed by atoms with Crippen molar-refractivity contribution in [3.05, 3.63) is 0 Å². The topological polar surface area (TPSA) is 18.5 Å². The summed E-state index contributed by atoms with van der Waals surface area (Å²) in [5.74, 6) is 0. The van der Waals surface area contributed by atoms with E-state index in [9.17, 15) is 0 Å². The van der Waals surface area contributed by atoms with Crippen molar-refractivity contribution in [2.24, 2.45) is 0 Å². The lowest BCUT2D eigenvalue weighted by atomic mass is 11.8. The van der Waals surface area contributed by atoms with Crippen molar-refractivity contribution in [1.29, 1.82) is 0 Å². The molecule has 0 N–H and O–H groups in total. The Kier molecular flexibility index (Phi) is 12.5. The predicted octanol–water partition coefficient (Wildman–Crippen LogP) is 6.09. The van der Waals surface area contributed by atoms with Crippen LogP contribution in [0.1, 0.15) is 0 Å². The Morgan fingerprint density at radius 1 is 0.450 bits per heavy atom. The van der Waals surface area contributed by atoms with E-state index >= 15 is 0 Å². The van der Waals surface area contributed by atoms with Crippen LogP contribution in [0.15, 0.2) is 0 Å². The lowest BCUT2D eigenvalue weighted by Gasteiger charge is -2.27.